The molecule has 1 atom stereocenters. The van der Waals surface area contributed by atoms with Crippen LogP contribution in [0, 0.1) is 13.8 Å². The quantitative estimate of drug-likeness (QED) is 0.935. The van der Waals surface area contributed by atoms with Crippen LogP contribution in [0.5, 0.6) is 5.75 Å². The van der Waals surface area contributed by atoms with E-state index in [1.54, 1.807) is 37.4 Å². The van der Waals surface area contributed by atoms with E-state index in [1.807, 2.05) is 19.9 Å². The van der Waals surface area contributed by atoms with E-state index in [0.29, 0.717) is 16.6 Å². The molecule has 5 heteroatoms. The van der Waals surface area contributed by atoms with Crippen LogP contribution in [0.4, 0.5) is 5.82 Å². The third-order valence-corrected chi connectivity index (χ3v) is 3.40. The number of rotatable bonds is 4. The molecule has 1 amide bonds. The molecular formula is C16H17ClN2O2. The minimum absolute atomic E-state index is 0.249. The maximum absolute atomic E-state index is 12.1. The molecular weight excluding hydrogens is 288 g/mol. The molecule has 0 fully saturated rings. The van der Waals surface area contributed by atoms with Crippen LogP contribution in [0.1, 0.15) is 18.1 Å². The Hall–Kier alpha value is -2.07. The summed E-state index contributed by atoms with van der Waals surface area (Å²) in [5.41, 5.74) is 1.93. The minimum Gasteiger partial charge on any atom is -0.481 e. The summed E-state index contributed by atoms with van der Waals surface area (Å²) in [5, 5.41) is 3.40. The standard InChI is InChI=1S/C16H17ClN2O2/c1-10-6-7-18-15(8-10)19-16(20)12(3)21-13-4-5-14(17)11(2)9-13/h4-9,12H,1-3H3,(H,18,19,20)/t12-/m1/s1. The molecule has 0 unspecified atom stereocenters. The number of nitrogens with one attached hydrogen (secondary N) is 1. The first kappa shape index (κ1) is 15.3. The van der Waals surface area contributed by atoms with Gasteiger partial charge in [0.15, 0.2) is 6.10 Å². The zero-order chi connectivity index (χ0) is 15.4. The number of aromatic nitrogens is 1. The third kappa shape index (κ3) is 4.20. The number of hydrogen-bond donors (Lipinski definition) is 1. The highest BCUT2D eigenvalue weighted by atomic mass is 35.5. The Morgan fingerprint density at radius 1 is 1.29 bits per heavy atom. The van der Waals surface area contributed by atoms with E-state index >= 15 is 0 Å². The van der Waals surface area contributed by atoms with Crippen molar-refractivity contribution in [1.29, 1.82) is 0 Å². The van der Waals surface area contributed by atoms with Crippen molar-refractivity contribution in [1.82, 2.24) is 4.98 Å². The molecule has 0 aliphatic heterocycles. The van der Waals surface area contributed by atoms with Crippen molar-refractivity contribution in [3.8, 4) is 5.75 Å². The van der Waals surface area contributed by atoms with Gasteiger partial charge in [-0.2, -0.15) is 0 Å². The van der Waals surface area contributed by atoms with Crippen molar-refractivity contribution >= 4 is 23.3 Å². The van der Waals surface area contributed by atoms with Crippen LogP contribution < -0.4 is 10.1 Å². The van der Waals surface area contributed by atoms with Crippen LogP contribution in [-0.2, 0) is 4.79 Å². The Labute approximate surface area is 129 Å². The number of carbonyl (C=O) groups excluding carboxylic acids is 1. The van der Waals surface area contributed by atoms with Gasteiger partial charge in [0.05, 0.1) is 0 Å². The Morgan fingerprint density at radius 3 is 2.71 bits per heavy atom. The number of ether oxygens (including phenoxy) is 1. The van der Waals surface area contributed by atoms with Gasteiger partial charge < -0.3 is 10.1 Å². The highest BCUT2D eigenvalue weighted by Gasteiger charge is 2.15. The molecule has 0 radical (unpaired) electrons. The van der Waals surface area contributed by atoms with E-state index in [0.717, 1.165) is 11.1 Å². The lowest BCUT2D eigenvalue weighted by Crippen LogP contribution is -2.30. The van der Waals surface area contributed by atoms with Crippen LogP contribution in [0.15, 0.2) is 36.5 Å². The summed E-state index contributed by atoms with van der Waals surface area (Å²) in [4.78, 5) is 16.2. The molecule has 1 N–H and O–H groups in total. The molecule has 2 rings (SSSR count). The van der Waals surface area contributed by atoms with E-state index in [-0.39, 0.29) is 5.91 Å². The number of benzene rings is 1. The number of aryl methyl sites for hydroxylation is 2. The van der Waals surface area contributed by atoms with Gasteiger partial charge in [0, 0.05) is 11.2 Å². The predicted octanol–water partition coefficient (Wildman–Crippen LogP) is 3.76. The van der Waals surface area contributed by atoms with E-state index in [2.05, 4.69) is 10.3 Å². The molecule has 110 valence electrons. The molecule has 0 saturated heterocycles. The van der Waals surface area contributed by atoms with Crippen LogP contribution in [0.2, 0.25) is 5.02 Å². The molecule has 0 aliphatic carbocycles. The van der Waals surface area contributed by atoms with Gasteiger partial charge in [-0.25, -0.2) is 4.98 Å². The van der Waals surface area contributed by atoms with Crippen molar-refractivity contribution in [3.05, 3.63) is 52.7 Å². The molecule has 4 nitrogen and oxygen atoms in total. The summed E-state index contributed by atoms with van der Waals surface area (Å²) in [5.74, 6) is 0.875. The van der Waals surface area contributed by atoms with Crippen molar-refractivity contribution in [2.45, 2.75) is 26.9 Å². The second-order valence-corrected chi connectivity index (χ2v) is 5.29. The number of hydrogen-bond acceptors (Lipinski definition) is 3. The lowest BCUT2D eigenvalue weighted by Gasteiger charge is -2.15. The maximum Gasteiger partial charge on any atom is 0.266 e. The number of halogens is 1. The number of nitrogens with zero attached hydrogens (tertiary/aromatic N) is 1. The SMILES string of the molecule is Cc1ccnc(NC(=O)[C@@H](C)Oc2ccc(Cl)c(C)c2)c1. The molecule has 0 spiro atoms. The summed E-state index contributed by atoms with van der Waals surface area (Å²) >= 11 is 5.96. The Kier molecular flexibility index (Phi) is 4.81. The average Bonchev–Trinajstić information content (AvgIpc) is 2.43. The largest absolute Gasteiger partial charge is 0.481 e. The van der Waals surface area contributed by atoms with Gasteiger partial charge in [-0.05, 0) is 62.2 Å². The Morgan fingerprint density at radius 2 is 2.05 bits per heavy atom. The molecule has 0 bridgehead atoms. The van der Waals surface area contributed by atoms with Gasteiger partial charge in [-0.15, -0.1) is 0 Å². The molecule has 0 aliphatic rings. The third-order valence-electron chi connectivity index (χ3n) is 2.98. The highest BCUT2D eigenvalue weighted by Crippen LogP contribution is 2.22. The Balaban J connectivity index is 2.00. The fourth-order valence-corrected chi connectivity index (χ4v) is 1.90. The van der Waals surface area contributed by atoms with Crippen molar-refractivity contribution in [3.63, 3.8) is 0 Å². The van der Waals surface area contributed by atoms with E-state index < -0.39 is 6.10 Å². The van der Waals surface area contributed by atoms with E-state index in [1.165, 1.54) is 0 Å². The summed E-state index contributed by atoms with van der Waals surface area (Å²) in [6, 6.07) is 8.96. The molecule has 1 aromatic carbocycles. The van der Waals surface area contributed by atoms with Crippen LogP contribution in [0.3, 0.4) is 0 Å². The van der Waals surface area contributed by atoms with Crippen LogP contribution in [-0.4, -0.2) is 17.0 Å². The van der Waals surface area contributed by atoms with Gasteiger partial charge in [-0.3, -0.25) is 4.79 Å². The average molecular weight is 305 g/mol. The number of pyridine rings is 1. The van der Waals surface area contributed by atoms with Gasteiger partial charge in [0.2, 0.25) is 0 Å². The first-order valence-corrected chi connectivity index (χ1v) is 7.00. The summed E-state index contributed by atoms with van der Waals surface area (Å²) in [6.45, 7) is 5.51. The van der Waals surface area contributed by atoms with Gasteiger partial charge >= 0.3 is 0 Å². The van der Waals surface area contributed by atoms with Crippen LogP contribution in [0.25, 0.3) is 0 Å². The lowest BCUT2D eigenvalue weighted by atomic mass is 10.2. The molecule has 1 heterocycles. The Bertz CT molecular complexity index is 658. The number of carbonyl (C=O) groups is 1. The summed E-state index contributed by atoms with van der Waals surface area (Å²) in [6.07, 6.45) is 1.02. The second-order valence-electron chi connectivity index (χ2n) is 4.88. The van der Waals surface area contributed by atoms with E-state index in [4.69, 9.17) is 16.3 Å². The van der Waals surface area contributed by atoms with Crippen LogP contribution >= 0.6 is 11.6 Å². The number of anilines is 1. The van der Waals surface area contributed by atoms with Crippen molar-refractivity contribution in [2.75, 3.05) is 5.32 Å². The van der Waals surface area contributed by atoms with E-state index in [9.17, 15) is 4.79 Å². The maximum atomic E-state index is 12.1. The molecule has 0 saturated carbocycles. The minimum atomic E-state index is -0.632. The zero-order valence-electron chi connectivity index (χ0n) is 12.2. The normalized spacial score (nSPS) is 11.8. The zero-order valence-corrected chi connectivity index (χ0v) is 12.9. The predicted molar refractivity (Wildman–Crippen MR) is 83.9 cm³/mol. The first-order chi connectivity index (χ1) is 9.95. The van der Waals surface area contributed by atoms with Crippen molar-refractivity contribution < 1.29 is 9.53 Å². The fraction of sp³-hybridized carbons (Fsp3) is 0.250. The van der Waals surface area contributed by atoms with Gasteiger partial charge in [-0.1, -0.05) is 11.6 Å². The molecule has 1 aromatic heterocycles. The lowest BCUT2D eigenvalue weighted by molar-refractivity contribution is -0.122. The topological polar surface area (TPSA) is 51.2 Å². The first-order valence-electron chi connectivity index (χ1n) is 6.62. The highest BCUT2D eigenvalue weighted by molar-refractivity contribution is 6.31. The summed E-state index contributed by atoms with van der Waals surface area (Å²) in [7, 11) is 0. The summed E-state index contributed by atoms with van der Waals surface area (Å²) < 4.78 is 5.62. The fourth-order valence-electron chi connectivity index (χ4n) is 1.78. The molecule has 21 heavy (non-hydrogen) atoms. The second kappa shape index (κ2) is 6.59. The van der Waals surface area contributed by atoms with Crippen molar-refractivity contribution in [2.24, 2.45) is 0 Å². The smallest absolute Gasteiger partial charge is 0.266 e. The van der Waals surface area contributed by atoms with Gasteiger partial charge in [0.25, 0.3) is 5.91 Å². The monoisotopic (exact) mass is 304 g/mol. The number of amides is 1. The molecule has 2 aromatic rings. The van der Waals surface area contributed by atoms with Gasteiger partial charge in [0.1, 0.15) is 11.6 Å².